The maximum absolute atomic E-state index is 5.50. The topological polar surface area (TPSA) is 41.3 Å². The smallest absolute Gasteiger partial charge is 0.142 e. The number of aromatic nitrogens is 1. The van der Waals surface area contributed by atoms with E-state index < -0.39 is 0 Å². The monoisotopic (exact) mass is 285 g/mol. The number of nitrogens with zero attached hydrogens (tertiary/aromatic N) is 2. The summed E-state index contributed by atoms with van der Waals surface area (Å²) >= 11 is 0. The summed E-state index contributed by atoms with van der Waals surface area (Å²) in [6, 6.07) is 10.6. The molecule has 2 aromatic rings. The molecule has 0 amide bonds. The predicted octanol–water partition coefficient (Wildman–Crippen LogP) is 2.73. The van der Waals surface area contributed by atoms with Crippen molar-refractivity contribution < 1.29 is 4.52 Å². The molecule has 0 bridgehead atoms. The van der Waals surface area contributed by atoms with Crippen LogP contribution in [0.4, 0.5) is 0 Å². The normalized spacial score (nSPS) is 15.1. The Kier molecular flexibility index (Phi) is 4.68. The van der Waals surface area contributed by atoms with E-state index in [4.69, 9.17) is 4.52 Å². The molecule has 1 aromatic heterocycles. The van der Waals surface area contributed by atoms with Gasteiger partial charge >= 0.3 is 0 Å². The fourth-order valence-electron chi connectivity index (χ4n) is 2.82. The number of benzene rings is 1. The predicted molar refractivity (Wildman–Crippen MR) is 82.8 cm³/mol. The van der Waals surface area contributed by atoms with Crippen LogP contribution in [0, 0.1) is 0 Å². The summed E-state index contributed by atoms with van der Waals surface area (Å²) in [7, 11) is 0. The summed E-state index contributed by atoms with van der Waals surface area (Å²) in [5.74, 6) is 1.08. The molecule has 4 heteroatoms. The minimum absolute atomic E-state index is 0.811. The molecule has 0 saturated carbocycles. The first kappa shape index (κ1) is 14.3. The van der Waals surface area contributed by atoms with Crippen LogP contribution in [0.2, 0.25) is 0 Å². The van der Waals surface area contributed by atoms with Crippen LogP contribution in [0.5, 0.6) is 0 Å². The van der Waals surface area contributed by atoms with Gasteiger partial charge in [0.1, 0.15) is 11.5 Å². The Labute approximate surface area is 126 Å². The molecule has 21 heavy (non-hydrogen) atoms. The van der Waals surface area contributed by atoms with Crippen molar-refractivity contribution in [1.82, 2.24) is 15.4 Å². The second-order valence-electron chi connectivity index (χ2n) is 5.65. The SMILES string of the molecule is CCCNCc1noc2c1CN(Cc1ccccc1)CC2. The summed E-state index contributed by atoms with van der Waals surface area (Å²) in [5, 5.41) is 7.66. The highest BCUT2D eigenvalue weighted by Gasteiger charge is 2.23. The molecule has 1 aliphatic heterocycles. The first-order chi connectivity index (χ1) is 10.4. The molecule has 1 N–H and O–H groups in total. The summed E-state index contributed by atoms with van der Waals surface area (Å²) < 4.78 is 5.50. The molecule has 1 aromatic carbocycles. The van der Waals surface area contributed by atoms with E-state index in [-0.39, 0.29) is 0 Å². The van der Waals surface area contributed by atoms with Gasteiger partial charge in [0.25, 0.3) is 0 Å². The number of rotatable bonds is 6. The molecule has 2 heterocycles. The molecule has 0 saturated heterocycles. The average Bonchev–Trinajstić information content (AvgIpc) is 2.91. The zero-order valence-electron chi connectivity index (χ0n) is 12.6. The van der Waals surface area contributed by atoms with Gasteiger partial charge in [0, 0.05) is 38.2 Å². The van der Waals surface area contributed by atoms with E-state index in [2.05, 4.69) is 52.6 Å². The van der Waals surface area contributed by atoms with Gasteiger partial charge in [0.15, 0.2) is 0 Å². The number of hydrogen-bond acceptors (Lipinski definition) is 4. The molecule has 1 aliphatic rings. The van der Waals surface area contributed by atoms with E-state index in [1.54, 1.807) is 0 Å². The highest BCUT2D eigenvalue weighted by Crippen LogP contribution is 2.23. The van der Waals surface area contributed by atoms with Crippen LogP contribution in [0.15, 0.2) is 34.9 Å². The Morgan fingerprint density at radius 3 is 2.95 bits per heavy atom. The third-order valence-electron chi connectivity index (χ3n) is 3.96. The molecule has 0 radical (unpaired) electrons. The first-order valence-corrected chi connectivity index (χ1v) is 7.80. The second-order valence-corrected chi connectivity index (χ2v) is 5.65. The maximum atomic E-state index is 5.50. The number of nitrogens with one attached hydrogen (secondary N) is 1. The van der Waals surface area contributed by atoms with Gasteiger partial charge < -0.3 is 9.84 Å². The molecular formula is C17H23N3O. The van der Waals surface area contributed by atoms with Crippen LogP contribution in [0.25, 0.3) is 0 Å². The summed E-state index contributed by atoms with van der Waals surface area (Å²) in [5.41, 5.74) is 3.74. The zero-order valence-corrected chi connectivity index (χ0v) is 12.6. The highest BCUT2D eigenvalue weighted by molar-refractivity contribution is 5.26. The van der Waals surface area contributed by atoms with Gasteiger partial charge in [-0.25, -0.2) is 0 Å². The van der Waals surface area contributed by atoms with Crippen LogP contribution in [-0.4, -0.2) is 23.1 Å². The Bertz CT molecular complexity index is 565. The molecule has 4 nitrogen and oxygen atoms in total. The van der Waals surface area contributed by atoms with E-state index in [1.165, 1.54) is 11.1 Å². The van der Waals surface area contributed by atoms with Crippen molar-refractivity contribution >= 4 is 0 Å². The van der Waals surface area contributed by atoms with E-state index in [1.807, 2.05) is 0 Å². The van der Waals surface area contributed by atoms with Crippen molar-refractivity contribution in [2.24, 2.45) is 0 Å². The van der Waals surface area contributed by atoms with E-state index in [0.29, 0.717) is 0 Å². The lowest BCUT2D eigenvalue weighted by atomic mass is 10.0. The van der Waals surface area contributed by atoms with Gasteiger partial charge in [-0.1, -0.05) is 42.4 Å². The minimum atomic E-state index is 0.811. The largest absolute Gasteiger partial charge is 0.361 e. The molecule has 0 atom stereocenters. The second kappa shape index (κ2) is 6.87. The van der Waals surface area contributed by atoms with E-state index in [9.17, 15) is 0 Å². The van der Waals surface area contributed by atoms with Crippen molar-refractivity contribution in [1.29, 1.82) is 0 Å². The van der Waals surface area contributed by atoms with Gasteiger partial charge in [-0.3, -0.25) is 4.90 Å². The quantitative estimate of drug-likeness (QED) is 0.829. The van der Waals surface area contributed by atoms with Crippen LogP contribution in [0.1, 0.15) is 35.9 Å². The third-order valence-corrected chi connectivity index (χ3v) is 3.96. The standard InChI is InChI=1S/C17H23N3O/c1-2-9-18-11-16-15-13-20(10-8-17(15)21-19-16)12-14-6-4-3-5-7-14/h3-7,18H,2,8-13H2,1H3. The zero-order chi connectivity index (χ0) is 14.5. The van der Waals surface area contributed by atoms with Gasteiger partial charge in [-0.05, 0) is 18.5 Å². The Hall–Kier alpha value is -1.65. The lowest BCUT2D eigenvalue weighted by molar-refractivity contribution is 0.228. The first-order valence-electron chi connectivity index (χ1n) is 7.80. The van der Waals surface area contributed by atoms with Gasteiger partial charge in [-0.15, -0.1) is 0 Å². The van der Waals surface area contributed by atoms with Crippen LogP contribution in [-0.2, 0) is 26.1 Å². The molecule has 112 valence electrons. The Morgan fingerprint density at radius 2 is 2.14 bits per heavy atom. The highest BCUT2D eigenvalue weighted by atomic mass is 16.5. The molecule has 0 fully saturated rings. The van der Waals surface area contributed by atoms with Crippen molar-refractivity contribution in [3.05, 3.63) is 52.9 Å². The summed E-state index contributed by atoms with van der Waals surface area (Å²) in [6.07, 6.45) is 2.10. The summed E-state index contributed by atoms with van der Waals surface area (Å²) in [4.78, 5) is 2.47. The van der Waals surface area contributed by atoms with E-state index >= 15 is 0 Å². The molecule has 0 aliphatic carbocycles. The van der Waals surface area contributed by atoms with Crippen molar-refractivity contribution in [2.75, 3.05) is 13.1 Å². The van der Waals surface area contributed by atoms with Crippen LogP contribution in [0.3, 0.4) is 0 Å². The minimum Gasteiger partial charge on any atom is -0.361 e. The lowest BCUT2D eigenvalue weighted by Crippen LogP contribution is -2.30. The van der Waals surface area contributed by atoms with E-state index in [0.717, 1.165) is 57.0 Å². The molecular weight excluding hydrogens is 262 g/mol. The van der Waals surface area contributed by atoms with Gasteiger partial charge in [0.05, 0.1) is 0 Å². The lowest BCUT2D eigenvalue weighted by Gasteiger charge is -2.26. The molecule has 0 spiro atoms. The maximum Gasteiger partial charge on any atom is 0.142 e. The third kappa shape index (κ3) is 3.52. The van der Waals surface area contributed by atoms with Gasteiger partial charge in [-0.2, -0.15) is 0 Å². The number of hydrogen-bond donors (Lipinski definition) is 1. The molecule has 3 rings (SSSR count). The Morgan fingerprint density at radius 1 is 1.29 bits per heavy atom. The molecule has 0 unspecified atom stereocenters. The fraction of sp³-hybridized carbons (Fsp3) is 0.471. The van der Waals surface area contributed by atoms with Crippen molar-refractivity contribution in [3.8, 4) is 0 Å². The van der Waals surface area contributed by atoms with Crippen molar-refractivity contribution in [3.63, 3.8) is 0 Å². The fourth-order valence-corrected chi connectivity index (χ4v) is 2.82. The summed E-state index contributed by atoms with van der Waals surface area (Å²) in [6.45, 7) is 6.98. The Balaban J connectivity index is 1.65. The van der Waals surface area contributed by atoms with Crippen molar-refractivity contribution in [2.45, 2.75) is 39.4 Å². The van der Waals surface area contributed by atoms with Crippen LogP contribution >= 0.6 is 0 Å². The average molecular weight is 285 g/mol. The van der Waals surface area contributed by atoms with Gasteiger partial charge in [0.2, 0.25) is 0 Å². The number of fused-ring (bicyclic) bond motifs is 1. The van der Waals surface area contributed by atoms with Crippen LogP contribution < -0.4 is 5.32 Å².